The molecule has 1 aromatic heterocycles. The van der Waals surface area contributed by atoms with Gasteiger partial charge in [-0.15, -0.1) is 0 Å². The summed E-state index contributed by atoms with van der Waals surface area (Å²) in [6.07, 6.45) is 1.47. The van der Waals surface area contributed by atoms with E-state index in [1.807, 2.05) is 5.43 Å². The summed E-state index contributed by atoms with van der Waals surface area (Å²) in [4.78, 5) is 11.5. The van der Waals surface area contributed by atoms with Crippen LogP contribution in [-0.2, 0) is 6.61 Å². The van der Waals surface area contributed by atoms with Crippen molar-refractivity contribution in [2.75, 3.05) is 5.32 Å². The zero-order valence-corrected chi connectivity index (χ0v) is 12.0. The quantitative estimate of drug-likeness (QED) is 0.328. The van der Waals surface area contributed by atoms with Gasteiger partial charge in [0.25, 0.3) is 5.76 Å². The largest absolute Gasteiger partial charge is 0.482 e. The Balaban J connectivity index is 2.25. The topological polar surface area (TPSA) is 89.5 Å². The van der Waals surface area contributed by atoms with E-state index in [2.05, 4.69) is 5.32 Å². The molecule has 0 unspecified atom stereocenters. The van der Waals surface area contributed by atoms with E-state index in [4.69, 9.17) is 15.0 Å². The highest BCUT2D eigenvalue weighted by molar-refractivity contribution is 7.99. The number of amides is 2. The van der Waals surface area contributed by atoms with Crippen LogP contribution in [0.25, 0.3) is 0 Å². The van der Waals surface area contributed by atoms with E-state index in [0.717, 1.165) is 0 Å². The maximum atomic E-state index is 12.6. The highest BCUT2D eigenvalue weighted by Crippen LogP contribution is 2.39. The van der Waals surface area contributed by atoms with Gasteiger partial charge < -0.3 is 14.5 Å². The number of anilines is 1. The van der Waals surface area contributed by atoms with E-state index in [1.54, 1.807) is 12.1 Å². The lowest BCUT2D eigenvalue weighted by molar-refractivity contribution is 0.248. The number of thioether (sulfide) groups is 1. The van der Waals surface area contributed by atoms with Crippen LogP contribution in [0.1, 0.15) is 5.76 Å². The second-order valence-corrected chi connectivity index (χ2v) is 5.01. The summed E-state index contributed by atoms with van der Waals surface area (Å²) in [5.74, 6) is 3.01. The fraction of sp³-hybridized carbons (Fsp3) is 0.154. The standard InChI is InChI=1S/C13H13F2N3O3S/c14-12(15)22-10-5-1-4-9(17-13(19)18-16)11(10)21-7-8-3-2-6-20-8/h1-6,12H,7,16H2,(H2,17,18,19). The van der Waals surface area contributed by atoms with Crippen molar-refractivity contribution in [3.05, 3.63) is 42.4 Å². The Morgan fingerprint density at radius 1 is 1.36 bits per heavy atom. The molecule has 0 radical (unpaired) electrons. The molecule has 0 atom stereocenters. The fourth-order valence-corrected chi connectivity index (χ4v) is 2.27. The number of benzene rings is 1. The summed E-state index contributed by atoms with van der Waals surface area (Å²) in [6, 6.07) is 7.18. The number of nitrogens with one attached hydrogen (secondary N) is 2. The molecule has 0 aliphatic heterocycles. The third kappa shape index (κ3) is 4.37. The van der Waals surface area contributed by atoms with Gasteiger partial charge in [-0.05, 0) is 24.3 Å². The van der Waals surface area contributed by atoms with Crippen LogP contribution in [0, 0.1) is 0 Å². The molecule has 1 aromatic carbocycles. The molecular weight excluding hydrogens is 316 g/mol. The predicted molar refractivity (Wildman–Crippen MR) is 77.7 cm³/mol. The van der Waals surface area contributed by atoms with Crippen LogP contribution in [0.5, 0.6) is 5.75 Å². The highest BCUT2D eigenvalue weighted by atomic mass is 32.2. The number of carbonyl (C=O) groups excluding carboxylic acids is 1. The van der Waals surface area contributed by atoms with Crippen LogP contribution >= 0.6 is 11.8 Å². The second kappa shape index (κ2) is 7.66. The highest BCUT2D eigenvalue weighted by Gasteiger charge is 2.16. The zero-order chi connectivity index (χ0) is 15.9. The summed E-state index contributed by atoms with van der Waals surface area (Å²) in [6.45, 7) is 0.0345. The number of alkyl halides is 2. The lowest BCUT2D eigenvalue weighted by Crippen LogP contribution is -2.34. The molecule has 118 valence electrons. The minimum atomic E-state index is -2.62. The maximum absolute atomic E-state index is 12.6. The smallest absolute Gasteiger partial charge is 0.333 e. The normalized spacial score (nSPS) is 10.5. The van der Waals surface area contributed by atoms with Crippen molar-refractivity contribution in [1.82, 2.24) is 5.43 Å². The average molecular weight is 329 g/mol. The van der Waals surface area contributed by atoms with Crippen LogP contribution < -0.4 is 21.3 Å². The van der Waals surface area contributed by atoms with E-state index in [0.29, 0.717) is 17.5 Å². The molecule has 0 spiro atoms. The van der Waals surface area contributed by atoms with Crippen molar-refractivity contribution in [3.8, 4) is 5.75 Å². The lowest BCUT2D eigenvalue weighted by atomic mass is 10.3. The zero-order valence-electron chi connectivity index (χ0n) is 11.2. The molecule has 6 nitrogen and oxygen atoms in total. The number of ether oxygens (including phenoxy) is 1. The van der Waals surface area contributed by atoms with Crippen molar-refractivity contribution in [2.45, 2.75) is 17.3 Å². The number of urea groups is 1. The molecule has 0 saturated carbocycles. The number of nitrogens with two attached hydrogens (primary N) is 1. The summed E-state index contributed by atoms with van der Waals surface area (Å²) >= 11 is 0.319. The van der Waals surface area contributed by atoms with Crippen molar-refractivity contribution >= 4 is 23.5 Å². The molecular formula is C13H13F2N3O3S. The van der Waals surface area contributed by atoms with Gasteiger partial charge in [0, 0.05) is 0 Å². The van der Waals surface area contributed by atoms with Gasteiger partial charge in [-0.2, -0.15) is 8.78 Å². The first kappa shape index (κ1) is 16.1. The van der Waals surface area contributed by atoms with Gasteiger partial charge in [0.05, 0.1) is 16.8 Å². The molecule has 0 saturated heterocycles. The van der Waals surface area contributed by atoms with E-state index < -0.39 is 11.8 Å². The Morgan fingerprint density at radius 2 is 2.18 bits per heavy atom. The van der Waals surface area contributed by atoms with E-state index in [-0.39, 0.29) is 22.9 Å². The molecule has 0 aliphatic rings. The molecule has 0 aliphatic carbocycles. The van der Waals surface area contributed by atoms with Gasteiger partial charge in [0.2, 0.25) is 0 Å². The monoisotopic (exact) mass is 329 g/mol. The molecule has 2 amide bonds. The SMILES string of the molecule is NNC(=O)Nc1cccc(SC(F)F)c1OCc1ccco1. The fourth-order valence-electron chi connectivity index (χ4n) is 1.65. The van der Waals surface area contributed by atoms with Gasteiger partial charge in [-0.25, -0.2) is 10.6 Å². The molecule has 0 fully saturated rings. The number of hydrazine groups is 1. The Morgan fingerprint density at radius 3 is 2.82 bits per heavy atom. The maximum Gasteiger partial charge on any atom is 0.333 e. The van der Waals surface area contributed by atoms with Gasteiger partial charge in [0.1, 0.15) is 12.4 Å². The first-order valence-electron chi connectivity index (χ1n) is 6.10. The van der Waals surface area contributed by atoms with Gasteiger partial charge in [-0.1, -0.05) is 17.8 Å². The Bertz CT molecular complexity index is 623. The van der Waals surface area contributed by atoms with Gasteiger partial charge in [-0.3, -0.25) is 5.43 Å². The van der Waals surface area contributed by atoms with E-state index in [1.165, 1.54) is 24.5 Å². The minimum Gasteiger partial charge on any atom is -0.482 e. The lowest BCUT2D eigenvalue weighted by Gasteiger charge is -2.15. The van der Waals surface area contributed by atoms with Crippen molar-refractivity contribution in [1.29, 1.82) is 0 Å². The number of hydrogen-bond acceptors (Lipinski definition) is 5. The summed E-state index contributed by atoms with van der Waals surface area (Å²) in [5, 5.41) is 2.42. The molecule has 0 bridgehead atoms. The van der Waals surface area contributed by atoms with Crippen LogP contribution in [0.4, 0.5) is 19.3 Å². The number of halogens is 2. The van der Waals surface area contributed by atoms with E-state index >= 15 is 0 Å². The van der Waals surface area contributed by atoms with Crippen LogP contribution in [0.15, 0.2) is 45.9 Å². The second-order valence-electron chi connectivity index (χ2n) is 3.98. The van der Waals surface area contributed by atoms with Crippen molar-refractivity contribution in [3.63, 3.8) is 0 Å². The van der Waals surface area contributed by atoms with Crippen molar-refractivity contribution in [2.24, 2.45) is 5.84 Å². The number of para-hydroxylation sites is 1. The van der Waals surface area contributed by atoms with Crippen molar-refractivity contribution < 1.29 is 22.7 Å². The summed E-state index contributed by atoms with van der Waals surface area (Å²) < 4.78 is 35.9. The Labute approximate surface area is 129 Å². The predicted octanol–water partition coefficient (Wildman–Crippen LogP) is 3.17. The molecule has 2 aromatic rings. The first-order chi connectivity index (χ1) is 10.6. The third-order valence-electron chi connectivity index (χ3n) is 2.51. The first-order valence-corrected chi connectivity index (χ1v) is 6.98. The number of rotatable bonds is 6. The summed E-state index contributed by atoms with van der Waals surface area (Å²) in [5.41, 5.74) is 2.11. The Hall–Kier alpha value is -2.26. The van der Waals surface area contributed by atoms with Gasteiger partial charge in [0.15, 0.2) is 5.75 Å². The van der Waals surface area contributed by atoms with Gasteiger partial charge >= 0.3 is 6.03 Å². The van der Waals surface area contributed by atoms with Crippen LogP contribution in [0.2, 0.25) is 0 Å². The molecule has 22 heavy (non-hydrogen) atoms. The number of carbonyl (C=O) groups is 1. The number of hydrogen-bond donors (Lipinski definition) is 3. The number of furan rings is 1. The molecule has 2 rings (SSSR count). The van der Waals surface area contributed by atoms with E-state index in [9.17, 15) is 13.6 Å². The molecule has 9 heteroatoms. The molecule has 1 heterocycles. The Kier molecular flexibility index (Phi) is 5.61. The summed E-state index contributed by atoms with van der Waals surface area (Å²) in [7, 11) is 0. The van der Waals surface area contributed by atoms with Crippen LogP contribution in [-0.4, -0.2) is 11.8 Å². The minimum absolute atomic E-state index is 0.0345. The molecule has 4 N–H and O–H groups in total. The average Bonchev–Trinajstić information content (AvgIpc) is 2.99. The third-order valence-corrected chi connectivity index (χ3v) is 3.27. The van der Waals surface area contributed by atoms with Crippen LogP contribution in [0.3, 0.4) is 0 Å².